The SMILES string of the molecule is CCCCC(NC(N)=O)C(=O)N(C)CC(C)C(=O)O. The van der Waals surface area contributed by atoms with E-state index in [4.69, 9.17) is 10.8 Å². The largest absolute Gasteiger partial charge is 0.481 e. The van der Waals surface area contributed by atoms with E-state index in [0.717, 1.165) is 12.8 Å². The van der Waals surface area contributed by atoms with Gasteiger partial charge in [0.05, 0.1) is 5.92 Å². The normalized spacial score (nSPS) is 13.4. The Morgan fingerprint density at radius 2 is 1.95 bits per heavy atom. The van der Waals surface area contributed by atoms with Crippen LogP contribution in [0.3, 0.4) is 0 Å². The molecule has 0 aromatic rings. The van der Waals surface area contributed by atoms with Crippen molar-refractivity contribution in [1.82, 2.24) is 10.2 Å². The standard InChI is InChI=1S/C12H23N3O4/c1-4-5-6-9(14-12(13)19)10(16)15(3)7-8(2)11(17)18/h8-9H,4-7H2,1-3H3,(H,17,18)(H3,13,14,19). The molecule has 0 aliphatic carbocycles. The zero-order valence-corrected chi connectivity index (χ0v) is 11.7. The number of primary amides is 1. The first kappa shape index (κ1) is 17.2. The van der Waals surface area contributed by atoms with Crippen molar-refractivity contribution in [2.24, 2.45) is 11.7 Å². The second-order valence-corrected chi connectivity index (χ2v) is 4.66. The molecule has 19 heavy (non-hydrogen) atoms. The molecule has 0 radical (unpaired) electrons. The molecule has 0 fully saturated rings. The third-order valence-corrected chi connectivity index (χ3v) is 2.81. The highest BCUT2D eigenvalue weighted by Crippen LogP contribution is 2.06. The van der Waals surface area contributed by atoms with Gasteiger partial charge in [0.1, 0.15) is 6.04 Å². The van der Waals surface area contributed by atoms with Crippen molar-refractivity contribution in [1.29, 1.82) is 0 Å². The van der Waals surface area contributed by atoms with Gasteiger partial charge in [0.15, 0.2) is 0 Å². The van der Waals surface area contributed by atoms with Gasteiger partial charge in [0.2, 0.25) is 5.91 Å². The van der Waals surface area contributed by atoms with E-state index in [9.17, 15) is 14.4 Å². The molecule has 0 bridgehead atoms. The Morgan fingerprint density at radius 3 is 2.37 bits per heavy atom. The highest BCUT2D eigenvalue weighted by atomic mass is 16.4. The maximum atomic E-state index is 12.1. The number of carbonyl (C=O) groups is 3. The van der Waals surface area contributed by atoms with E-state index >= 15 is 0 Å². The number of hydrogen-bond donors (Lipinski definition) is 3. The van der Waals surface area contributed by atoms with Crippen molar-refractivity contribution in [2.45, 2.75) is 39.2 Å². The zero-order chi connectivity index (χ0) is 15.0. The maximum Gasteiger partial charge on any atom is 0.312 e. The molecule has 0 spiro atoms. The molecule has 0 aromatic carbocycles. The molecular formula is C12H23N3O4. The van der Waals surface area contributed by atoms with Crippen molar-refractivity contribution in [3.05, 3.63) is 0 Å². The molecule has 0 aromatic heterocycles. The summed E-state index contributed by atoms with van der Waals surface area (Å²) in [5, 5.41) is 11.2. The fraction of sp³-hybridized carbons (Fsp3) is 0.750. The Kier molecular flexibility index (Phi) is 7.55. The monoisotopic (exact) mass is 273 g/mol. The minimum atomic E-state index is -0.965. The predicted molar refractivity (Wildman–Crippen MR) is 70.5 cm³/mol. The van der Waals surface area contributed by atoms with Crippen LogP contribution in [0.5, 0.6) is 0 Å². The average molecular weight is 273 g/mol. The summed E-state index contributed by atoms with van der Waals surface area (Å²) >= 11 is 0. The topological polar surface area (TPSA) is 113 Å². The summed E-state index contributed by atoms with van der Waals surface area (Å²) in [6.07, 6.45) is 2.16. The van der Waals surface area contributed by atoms with Crippen LogP contribution in [0.1, 0.15) is 33.1 Å². The number of carboxylic acid groups (broad SMARTS) is 1. The number of unbranched alkanes of at least 4 members (excludes halogenated alkanes) is 1. The van der Waals surface area contributed by atoms with Crippen molar-refractivity contribution < 1.29 is 19.5 Å². The smallest absolute Gasteiger partial charge is 0.312 e. The third kappa shape index (κ3) is 6.64. The first-order valence-electron chi connectivity index (χ1n) is 6.33. The summed E-state index contributed by atoms with van der Waals surface area (Å²) in [5.74, 6) is -1.94. The molecule has 4 N–H and O–H groups in total. The van der Waals surface area contributed by atoms with E-state index < -0.39 is 24.0 Å². The summed E-state index contributed by atoms with van der Waals surface area (Å²) in [4.78, 5) is 35.0. The Labute approximate surface area is 113 Å². The van der Waals surface area contributed by atoms with Gasteiger partial charge in [-0.2, -0.15) is 0 Å². The predicted octanol–water partition coefficient (Wildman–Crippen LogP) is 0.393. The second kappa shape index (κ2) is 8.34. The van der Waals surface area contributed by atoms with Crippen LogP contribution in [0.15, 0.2) is 0 Å². The molecule has 0 aliphatic heterocycles. The van der Waals surface area contributed by atoms with Crippen molar-refractivity contribution >= 4 is 17.9 Å². The number of likely N-dealkylation sites (N-methyl/N-ethyl adjacent to an activating group) is 1. The molecule has 2 atom stereocenters. The first-order valence-corrected chi connectivity index (χ1v) is 6.33. The van der Waals surface area contributed by atoms with Crippen molar-refractivity contribution in [3.8, 4) is 0 Å². The minimum absolute atomic E-state index is 0.0945. The molecule has 7 heteroatoms. The fourth-order valence-corrected chi connectivity index (χ4v) is 1.68. The molecule has 3 amide bonds. The van der Waals surface area contributed by atoms with Gasteiger partial charge in [-0.3, -0.25) is 9.59 Å². The highest BCUT2D eigenvalue weighted by Gasteiger charge is 2.25. The lowest BCUT2D eigenvalue weighted by Crippen LogP contribution is -2.50. The lowest BCUT2D eigenvalue weighted by Gasteiger charge is -2.25. The summed E-state index contributed by atoms with van der Waals surface area (Å²) in [7, 11) is 1.52. The van der Waals surface area contributed by atoms with Crippen molar-refractivity contribution in [2.75, 3.05) is 13.6 Å². The number of carboxylic acids is 1. The number of nitrogens with two attached hydrogens (primary N) is 1. The van der Waals surface area contributed by atoms with Gasteiger partial charge in [-0.1, -0.05) is 26.7 Å². The van der Waals surface area contributed by atoms with Gasteiger partial charge >= 0.3 is 12.0 Å². The molecule has 0 saturated heterocycles. The molecule has 0 heterocycles. The highest BCUT2D eigenvalue weighted by molar-refractivity contribution is 5.86. The van der Waals surface area contributed by atoms with Gasteiger partial charge in [-0.05, 0) is 6.42 Å². The fourth-order valence-electron chi connectivity index (χ4n) is 1.68. The zero-order valence-electron chi connectivity index (χ0n) is 11.7. The number of carbonyl (C=O) groups excluding carboxylic acids is 2. The molecule has 0 aliphatic rings. The van der Waals surface area contributed by atoms with Crippen LogP contribution >= 0.6 is 0 Å². The number of nitrogens with one attached hydrogen (secondary N) is 1. The second-order valence-electron chi connectivity index (χ2n) is 4.66. The van der Waals surface area contributed by atoms with Crippen molar-refractivity contribution in [3.63, 3.8) is 0 Å². The van der Waals surface area contributed by atoms with Crippen LogP contribution in [0.4, 0.5) is 4.79 Å². The van der Waals surface area contributed by atoms with Gasteiger partial charge < -0.3 is 21.1 Å². The average Bonchev–Trinajstić information content (AvgIpc) is 2.32. The first-order chi connectivity index (χ1) is 8.79. The Hall–Kier alpha value is -1.79. The number of amides is 3. The molecule has 110 valence electrons. The lowest BCUT2D eigenvalue weighted by atomic mass is 10.1. The number of nitrogens with zero attached hydrogens (tertiary/aromatic N) is 1. The number of aliphatic carboxylic acids is 1. The summed E-state index contributed by atoms with van der Waals surface area (Å²) in [6.45, 7) is 3.59. The lowest BCUT2D eigenvalue weighted by molar-refractivity contribution is -0.143. The summed E-state index contributed by atoms with van der Waals surface area (Å²) in [6, 6.07) is -1.45. The van der Waals surface area contributed by atoms with E-state index in [1.807, 2.05) is 6.92 Å². The maximum absolute atomic E-state index is 12.1. The molecule has 0 saturated carbocycles. The Balaban J connectivity index is 4.58. The van der Waals surface area contributed by atoms with Crippen LogP contribution in [0, 0.1) is 5.92 Å². The van der Waals surface area contributed by atoms with E-state index in [0.29, 0.717) is 6.42 Å². The van der Waals surface area contributed by atoms with E-state index in [-0.39, 0.29) is 12.5 Å². The molecule has 7 nitrogen and oxygen atoms in total. The number of rotatable bonds is 8. The molecule has 2 unspecified atom stereocenters. The van der Waals surface area contributed by atoms with Crippen LogP contribution in [0.2, 0.25) is 0 Å². The number of hydrogen-bond acceptors (Lipinski definition) is 3. The van der Waals surface area contributed by atoms with Gasteiger partial charge in [0.25, 0.3) is 0 Å². The van der Waals surface area contributed by atoms with Gasteiger partial charge in [-0.15, -0.1) is 0 Å². The van der Waals surface area contributed by atoms with E-state index in [2.05, 4.69) is 5.32 Å². The van der Waals surface area contributed by atoms with Gasteiger partial charge in [0, 0.05) is 13.6 Å². The van der Waals surface area contributed by atoms with Crippen LogP contribution in [0.25, 0.3) is 0 Å². The van der Waals surface area contributed by atoms with Crippen LogP contribution in [-0.2, 0) is 9.59 Å². The van der Waals surface area contributed by atoms with E-state index in [1.54, 1.807) is 0 Å². The van der Waals surface area contributed by atoms with Gasteiger partial charge in [-0.25, -0.2) is 4.79 Å². The Morgan fingerprint density at radius 1 is 1.37 bits per heavy atom. The third-order valence-electron chi connectivity index (χ3n) is 2.81. The Bertz CT molecular complexity index is 333. The van der Waals surface area contributed by atoms with E-state index in [1.165, 1.54) is 18.9 Å². The minimum Gasteiger partial charge on any atom is -0.481 e. The summed E-state index contributed by atoms with van der Waals surface area (Å²) < 4.78 is 0. The quantitative estimate of drug-likeness (QED) is 0.593. The molecular weight excluding hydrogens is 250 g/mol. The van der Waals surface area contributed by atoms with Crippen LogP contribution in [-0.4, -0.2) is 47.5 Å². The number of urea groups is 1. The summed E-state index contributed by atoms with van der Waals surface area (Å²) in [5.41, 5.74) is 5.04. The molecule has 0 rings (SSSR count). The van der Waals surface area contributed by atoms with Crippen LogP contribution < -0.4 is 11.1 Å².